The summed E-state index contributed by atoms with van der Waals surface area (Å²) < 4.78 is 37.8. The van der Waals surface area contributed by atoms with Gasteiger partial charge in [0.15, 0.2) is 0 Å². The largest absolute Gasteiger partial charge is 0.405 e. The molecule has 1 saturated carbocycles. The summed E-state index contributed by atoms with van der Waals surface area (Å²) in [5, 5.41) is 0. The van der Waals surface area contributed by atoms with Crippen LogP contribution in [0.1, 0.15) is 31.4 Å². The van der Waals surface area contributed by atoms with Gasteiger partial charge < -0.3 is 10.6 Å². The van der Waals surface area contributed by atoms with Crippen LogP contribution in [0.3, 0.4) is 0 Å². The summed E-state index contributed by atoms with van der Waals surface area (Å²) in [4.78, 5) is 5.42. The Balaban J connectivity index is 2.31. The lowest BCUT2D eigenvalue weighted by molar-refractivity contribution is -0.120. The van der Waals surface area contributed by atoms with Crippen LogP contribution in [0.5, 0.6) is 0 Å². The van der Waals surface area contributed by atoms with Crippen molar-refractivity contribution >= 4 is 5.82 Å². The molecule has 0 bridgehead atoms. The maximum Gasteiger partial charge on any atom is 0.405 e. The van der Waals surface area contributed by atoms with Gasteiger partial charge in [-0.25, -0.2) is 4.98 Å². The molecule has 18 heavy (non-hydrogen) atoms. The number of pyridine rings is 1. The van der Waals surface area contributed by atoms with Crippen molar-refractivity contribution in [3.63, 3.8) is 0 Å². The SMILES string of the molecule is C[C@H](N)c1cccnc1N(CC(F)(F)F)C1CC1. The lowest BCUT2D eigenvalue weighted by atomic mass is 10.1. The van der Waals surface area contributed by atoms with Crippen molar-refractivity contribution in [1.82, 2.24) is 4.98 Å². The number of anilines is 1. The third-order valence-corrected chi connectivity index (χ3v) is 2.92. The minimum atomic E-state index is -4.23. The summed E-state index contributed by atoms with van der Waals surface area (Å²) in [5.41, 5.74) is 6.45. The van der Waals surface area contributed by atoms with Gasteiger partial charge >= 0.3 is 6.18 Å². The average Bonchev–Trinajstić information content (AvgIpc) is 3.08. The summed E-state index contributed by atoms with van der Waals surface area (Å²) in [5.74, 6) is 0.368. The van der Waals surface area contributed by atoms with Gasteiger partial charge in [-0.1, -0.05) is 6.07 Å². The molecule has 100 valence electrons. The first kappa shape index (κ1) is 13.1. The minimum absolute atomic E-state index is 0.0565. The van der Waals surface area contributed by atoms with Crippen LogP contribution >= 0.6 is 0 Å². The molecule has 2 N–H and O–H groups in total. The minimum Gasteiger partial charge on any atom is -0.344 e. The first-order valence-electron chi connectivity index (χ1n) is 5.92. The zero-order valence-electron chi connectivity index (χ0n) is 10.1. The number of nitrogens with two attached hydrogens (primary N) is 1. The van der Waals surface area contributed by atoms with Crippen LogP contribution in [-0.2, 0) is 0 Å². The van der Waals surface area contributed by atoms with Crippen molar-refractivity contribution in [2.75, 3.05) is 11.4 Å². The summed E-state index contributed by atoms with van der Waals surface area (Å²) in [7, 11) is 0. The van der Waals surface area contributed by atoms with Gasteiger partial charge in [-0.15, -0.1) is 0 Å². The monoisotopic (exact) mass is 259 g/mol. The van der Waals surface area contributed by atoms with Gasteiger partial charge in [-0.3, -0.25) is 0 Å². The summed E-state index contributed by atoms with van der Waals surface area (Å²) in [6, 6.07) is 3.04. The highest BCUT2D eigenvalue weighted by atomic mass is 19.4. The number of hydrogen-bond donors (Lipinski definition) is 1. The highest BCUT2D eigenvalue weighted by Crippen LogP contribution is 2.35. The fourth-order valence-electron chi connectivity index (χ4n) is 1.96. The van der Waals surface area contributed by atoms with Crippen LogP contribution in [0.15, 0.2) is 18.3 Å². The van der Waals surface area contributed by atoms with E-state index < -0.39 is 12.7 Å². The molecular weight excluding hydrogens is 243 g/mol. The Morgan fingerprint density at radius 1 is 1.50 bits per heavy atom. The van der Waals surface area contributed by atoms with E-state index in [1.165, 1.54) is 11.1 Å². The van der Waals surface area contributed by atoms with Gasteiger partial charge in [-0.2, -0.15) is 13.2 Å². The lowest BCUT2D eigenvalue weighted by Crippen LogP contribution is -2.37. The van der Waals surface area contributed by atoms with Gasteiger partial charge in [0.05, 0.1) is 0 Å². The van der Waals surface area contributed by atoms with Crippen molar-refractivity contribution in [3.05, 3.63) is 23.9 Å². The molecule has 1 aromatic heterocycles. The number of alkyl halides is 3. The Bertz CT molecular complexity index is 413. The Labute approximate surface area is 104 Å². The number of halogens is 3. The van der Waals surface area contributed by atoms with Gasteiger partial charge in [-0.05, 0) is 25.8 Å². The van der Waals surface area contributed by atoms with E-state index in [9.17, 15) is 13.2 Å². The molecule has 6 heteroatoms. The Kier molecular flexibility index (Phi) is 3.47. The van der Waals surface area contributed by atoms with E-state index in [-0.39, 0.29) is 12.1 Å². The Hall–Kier alpha value is -1.30. The van der Waals surface area contributed by atoms with Crippen LogP contribution in [0, 0.1) is 0 Å². The predicted octanol–water partition coefficient (Wildman–Crippen LogP) is 2.63. The van der Waals surface area contributed by atoms with Gasteiger partial charge in [0.2, 0.25) is 0 Å². The Morgan fingerprint density at radius 3 is 2.67 bits per heavy atom. The van der Waals surface area contributed by atoms with Crippen molar-refractivity contribution in [2.45, 2.75) is 38.0 Å². The second kappa shape index (κ2) is 4.76. The topological polar surface area (TPSA) is 42.1 Å². The molecule has 1 fully saturated rings. The van der Waals surface area contributed by atoms with E-state index in [0.717, 1.165) is 12.8 Å². The fourth-order valence-corrected chi connectivity index (χ4v) is 1.96. The summed E-state index contributed by atoms with van der Waals surface area (Å²) in [6.07, 6.45) is -1.15. The van der Waals surface area contributed by atoms with Gasteiger partial charge in [0, 0.05) is 23.8 Å². The molecular formula is C12H16F3N3. The first-order chi connectivity index (χ1) is 8.38. The van der Waals surface area contributed by atoms with Crippen LogP contribution in [0.25, 0.3) is 0 Å². The summed E-state index contributed by atoms with van der Waals surface area (Å²) in [6.45, 7) is 0.785. The zero-order chi connectivity index (χ0) is 13.3. The molecule has 1 aliphatic carbocycles. The van der Waals surface area contributed by atoms with E-state index in [4.69, 9.17) is 5.73 Å². The van der Waals surface area contributed by atoms with Gasteiger partial charge in [0.1, 0.15) is 12.4 Å². The fraction of sp³-hybridized carbons (Fsp3) is 0.583. The number of aromatic nitrogens is 1. The third-order valence-electron chi connectivity index (χ3n) is 2.92. The Morgan fingerprint density at radius 2 is 2.17 bits per heavy atom. The molecule has 1 atom stereocenters. The number of nitrogens with zero attached hydrogens (tertiary/aromatic N) is 2. The molecule has 1 aromatic rings. The van der Waals surface area contributed by atoms with Crippen LogP contribution in [0.2, 0.25) is 0 Å². The molecule has 1 heterocycles. The molecule has 0 saturated heterocycles. The quantitative estimate of drug-likeness (QED) is 0.903. The number of rotatable bonds is 4. The zero-order valence-corrected chi connectivity index (χ0v) is 10.1. The average molecular weight is 259 g/mol. The van der Waals surface area contributed by atoms with Crippen molar-refractivity contribution in [1.29, 1.82) is 0 Å². The smallest absolute Gasteiger partial charge is 0.344 e. The van der Waals surface area contributed by atoms with E-state index in [1.54, 1.807) is 19.1 Å². The summed E-state index contributed by atoms with van der Waals surface area (Å²) >= 11 is 0. The van der Waals surface area contributed by atoms with E-state index >= 15 is 0 Å². The maximum atomic E-state index is 12.6. The molecule has 0 radical (unpaired) electrons. The van der Waals surface area contributed by atoms with Crippen molar-refractivity contribution < 1.29 is 13.2 Å². The van der Waals surface area contributed by atoms with Crippen LogP contribution < -0.4 is 10.6 Å². The molecule has 0 unspecified atom stereocenters. The van der Waals surface area contributed by atoms with Crippen LogP contribution in [0.4, 0.5) is 19.0 Å². The second-order valence-corrected chi connectivity index (χ2v) is 4.68. The third kappa shape index (κ3) is 3.13. The molecule has 0 aliphatic heterocycles. The standard InChI is InChI=1S/C12H16F3N3/c1-8(16)10-3-2-6-17-11(10)18(9-4-5-9)7-12(13,14)15/h2-3,6,8-9H,4-5,7,16H2,1H3/t8-/m0/s1. The van der Waals surface area contributed by atoms with Crippen molar-refractivity contribution in [3.8, 4) is 0 Å². The normalized spacial score (nSPS) is 17.6. The first-order valence-corrected chi connectivity index (χ1v) is 5.92. The molecule has 3 nitrogen and oxygen atoms in total. The predicted molar refractivity (Wildman–Crippen MR) is 63.3 cm³/mol. The lowest BCUT2D eigenvalue weighted by Gasteiger charge is -2.27. The van der Waals surface area contributed by atoms with Crippen LogP contribution in [-0.4, -0.2) is 23.7 Å². The molecule has 0 aromatic carbocycles. The van der Waals surface area contributed by atoms with E-state index in [1.807, 2.05) is 0 Å². The van der Waals surface area contributed by atoms with E-state index in [2.05, 4.69) is 4.98 Å². The van der Waals surface area contributed by atoms with E-state index in [0.29, 0.717) is 11.4 Å². The van der Waals surface area contributed by atoms with Gasteiger partial charge in [0.25, 0.3) is 0 Å². The maximum absolute atomic E-state index is 12.6. The molecule has 0 amide bonds. The molecule has 2 rings (SSSR count). The highest BCUT2D eigenvalue weighted by molar-refractivity contribution is 5.50. The second-order valence-electron chi connectivity index (χ2n) is 4.68. The molecule has 0 spiro atoms. The van der Waals surface area contributed by atoms with Crippen molar-refractivity contribution in [2.24, 2.45) is 5.73 Å². The number of hydrogen-bond acceptors (Lipinski definition) is 3. The molecule has 1 aliphatic rings. The highest BCUT2D eigenvalue weighted by Gasteiger charge is 2.39.